The summed E-state index contributed by atoms with van der Waals surface area (Å²) in [7, 11) is 0. The second kappa shape index (κ2) is 5.39. The third kappa shape index (κ3) is 2.81. The van der Waals surface area contributed by atoms with E-state index in [4.69, 9.17) is 0 Å². The first-order chi connectivity index (χ1) is 8.58. The third-order valence-corrected chi connectivity index (χ3v) is 3.94. The lowest BCUT2D eigenvalue weighted by atomic mass is 10.2. The molecule has 0 unspecified atom stereocenters. The molecule has 96 valence electrons. The molecule has 0 aliphatic carbocycles. The molecule has 1 aromatic rings. The normalized spacial score (nSPS) is 19.3. The van der Waals surface area contributed by atoms with Crippen molar-refractivity contribution in [3.05, 3.63) is 35.6 Å². The second-order valence-electron chi connectivity index (χ2n) is 3.92. The number of aliphatic carboxylic acids is 1. The van der Waals surface area contributed by atoms with Gasteiger partial charge in [-0.3, -0.25) is 4.79 Å². The molecule has 1 aliphatic rings. The van der Waals surface area contributed by atoms with Crippen LogP contribution in [0.3, 0.4) is 0 Å². The second-order valence-corrected chi connectivity index (χ2v) is 4.99. The minimum atomic E-state index is -1.18. The number of halogens is 1. The van der Waals surface area contributed by atoms with Crippen molar-refractivity contribution in [1.82, 2.24) is 4.90 Å². The molecule has 0 N–H and O–H groups in total. The van der Waals surface area contributed by atoms with Gasteiger partial charge in [0, 0.05) is 18.9 Å². The number of thioether (sulfide) groups is 1. The van der Waals surface area contributed by atoms with Gasteiger partial charge in [-0.1, -0.05) is 12.1 Å². The molecule has 1 aliphatic heterocycles. The van der Waals surface area contributed by atoms with Gasteiger partial charge in [-0.05, 0) is 17.7 Å². The number of carboxylic acids is 1. The summed E-state index contributed by atoms with van der Waals surface area (Å²) in [5, 5.41) is 10.2. The van der Waals surface area contributed by atoms with Gasteiger partial charge in [-0.2, -0.15) is 0 Å². The van der Waals surface area contributed by atoms with E-state index < -0.39 is 5.97 Å². The van der Waals surface area contributed by atoms with Gasteiger partial charge in [-0.15, -0.1) is 11.8 Å². The van der Waals surface area contributed by atoms with Crippen molar-refractivity contribution < 1.29 is 19.1 Å². The van der Waals surface area contributed by atoms with Gasteiger partial charge in [0.05, 0.1) is 5.75 Å². The maximum absolute atomic E-state index is 12.8. The minimum Gasteiger partial charge on any atom is -0.550 e. The number of amides is 1. The monoisotopic (exact) mass is 268 g/mol. The number of benzene rings is 1. The number of carboxylic acid groups (broad SMARTS) is 1. The maximum Gasteiger partial charge on any atom is 0.233 e. The average Bonchev–Trinajstić information content (AvgIpc) is 2.69. The summed E-state index contributed by atoms with van der Waals surface area (Å²) in [5.74, 6) is -1.31. The zero-order valence-corrected chi connectivity index (χ0v) is 10.3. The Labute approximate surface area is 108 Å². The highest BCUT2D eigenvalue weighted by molar-refractivity contribution is 8.00. The Kier molecular flexibility index (Phi) is 3.86. The molecule has 0 bridgehead atoms. The molecule has 0 aromatic heterocycles. The minimum absolute atomic E-state index is 0.101. The van der Waals surface area contributed by atoms with Crippen molar-refractivity contribution in [2.24, 2.45) is 0 Å². The fraction of sp³-hybridized carbons (Fsp3) is 0.333. The summed E-state index contributed by atoms with van der Waals surface area (Å²) in [6.45, 7) is 0.121. The van der Waals surface area contributed by atoms with E-state index in [2.05, 4.69) is 0 Å². The van der Waals surface area contributed by atoms with Crippen LogP contribution in [0.25, 0.3) is 0 Å². The molecule has 1 fully saturated rings. The lowest BCUT2D eigenvalue weighted by molar-refractivity contribution is -0.305. The zero-order chi connectivity index (χ0) is 13.1. The highest BCUT2D eigenvalue weighted by Gasteiger charge is 2.32. The fourth-order valence-electron chi connectivity index (χ4n) is 1.81. The summed E-state index contributed by atoms with van der Waals surface area (Å²) in [6.07, 6.45) is -0.190. The number of carbonyl (C=O) groups is 2. The van der Waals surface area contributed by atoms with E-state index >= 15 is 0 Å². The molecule has 1 amide bonds. The van der Waals surface area contributed by atoms with Gasteiger partial charge < -0.3 is 14.8 Å². The summed E-state index contributed by atoms with van der Waals surface area (Å²) in [4.78, 5) is 23.6. The number of rotatable bonds is 4. The first-order valence-corrected chi connectivity index (χ1v) is 6.49. The van der Waals surface area contributed by atoms with Gasteiger partial charge in [0.1, 0.15) is 11.2 Å². The molecule has 0 spiro atoms. The van der Waals surface area contributed by atoms with E-state index in [1.807, 2.05) is 0 Å². The summed E-state index contributed by atoms with van der Waals surface area (Å²) < 4.78 is 12.8. The smallest absolute Gasteiger partial charge is 0.233 e. The Balaban J connectivity index is 2.13. The Morgan fingerprint density at radius 1 is 1.44 bits per heavy atom. The lowest BCUT2D eigenvalue weighted by Gasteiger charge is -2.24. The van der Waals surface area contributed by atoms with Crippen LogP contribution in [-0.4, -0.2) is 29.1 Å². The molecule has 1 saturated heterocycles. The molecule has 4 nitrogen and oxygen atoms in total. The highest BCUT2D eigenvalue weighted by Crippen LogP contribution is 2.38. The Morgan fingerprint density at radius 2 is 2.11 bits per heavy atom. The predicted octanol–water partition coefficient (Wildman–Crippen LogP) is 0.540. The number of carbonyl (C=O) groups excluding carboxylic acids is 2. The summed E-state index contributed by atoms with van der Waals surface area (Å²) in [5.41, 5.74) is 0.797. The predicted molar refractivity (Wildman–Crippen MR) is 62.9 cm³/mol. The molecule has 0 saturated carbocycles. The van der Waals surface area contributed by atoms with Gasteiger partial charge in [0.25, 0.3) is 0 Å². The molecule has 1 atom stereocenters. The molecular weight excluding hydrogens is 257 g/mol. The van der Waals surface area contributed by atoms with Crippen LogP contribution in [0.4, 0.5) is 4.39 Å². The van der Waals surface area contributed by atoms with Crippen molar-refractivity contribution in [2.75, 3.05) is 12.3 Å². The van der Waals surface area contributed by atoms with Crippen molar-refractivity contribution in [1.29, 1.82) is 0 Å². The van der Waals surface area contributed by atoms with Crippen LogP contribution in [0, 0.1) is 5.82 Å². The quantitative estimate of drug-likeness (QED) is 0.799. The van der Waals surface area contributed by atoms with E-state index in [9.17, 15) is 19.1 Å². The first-order valence-electron chi connectivity index (χ1n) is 5.44. The lowest BCUT2D eigenvalue weighted by Crippen LogP contribution is -2.33. The fourth-order valence-corrected chi connectivity index (χ4v) is 3.03. The number of hydrogen-bond acceptors (Lipinski definition) is 4. The molecule has 1 aromatic carbocycles. The van der Waals surface area contributed by atoms with Crippen LogP contribution >= 0.6 is 11.8 Å². The maximum atomic E-state index is 12.8. The molecule has 6 heteroatoms. The largest absolute Gasteiger partial charge is 0.550 e. The zero-order valence-electron chi connectivity index (χ0n) is 9.47. The SMILES string of the molecule is O=C([O-])CCN1C(=O)CS[C@@H]1c1ccc(F)cc1. The van der Waals surface area contributed by atoms with Gasteiger partial charge in [0.2, 0.25) is 5.91 Å². The molecule has 1 heterocycles. The van der Waals surface area contributed by atoms with E-state index in [-0.39, 0.29) is 30.1 Å². The Bertz CT molecular complexity index is 463. The number of nitrogens with zero attached hydrogens (tertiary/aromatic N) is 1. The first kappa shape index (κ1) is 12.9. The van der Waals surface area contributed by atoms with Crippen LogP contribution < -0.4 is 5.11 Å². The topological polar surface area (TPSA) is 60.4 Å². The Hall–Kier alpha value is -1.56. The van der Waals surface area contributed by atoms with Crippen LogP contribution in [0.2, 0.25) is 0 Å². The van der Waals surface area contributed by atoms with E-state index in [1.54, 1.807) is 12.1 Å². The van der Waals surface area contributed by atoms with Crippen molar-refractivity contribution in [2.45, 2.75) is 11.8 Å². The van der Waals surface area contributed by atoms with Crippen molar-refractivity contribution in [3.8, 4) is 0 Å². The van der Waals surface area contributed by atoms with E-state index in [0.29, 0.717) is 5.75 Å². The van der Waals surface area contributed by atoms with Crippen LogP contribution in [0.15, 0.2) is 24.3 Å². The van der Waals surface area contributed by atoms with Gasteiger partial charge in [-0.25, -0.2) is 4.39 Å². The van der Waals surface area contributed by atoms with E-state index in [0.717, 1.165) is 5.56 Å². The van der Waals surface area contributed by atoms with Crippen LogP contribution in [0.1, 0.15) is 17.4 Å². The molecule has 2 rings (SSSR count). The van der Waals surface area contributed by atoms with Crippen molar-refractivity contribution >= 4 is 23.6 Å². The summed E-state index contributed by atoms with van der Waals surface area (Å²) >= 11 is 1.41. The average molecular weight is 268 g/mol. The highest BCUT2D eigenvalue weighted by atomic mass is 32.2. The number of hydrogen-bond donors (Lipinski definition) is 0. The van der Waals surface area contributed by atoms with E-state index in [1.165, 1.54) is 28.8 Å². The van der Waals surface area contributed by atoms with Crippen LogP contribution in [-0.2, 0) is 9.59 Å². The molecular formula is C12H11FNO3S-. The summed E-state index contributed by atoms with van der Waals surface area (Å²) in [6, 6.07) is 5.88. The molecule has 0 radical (unpaired) electrons. The Morgan fingerprint density at radius 3 is 2.72 bits per heavy atom. The van der Waals surface area contributed by atoms with Gasteiger partial charge in [0.15, 0.2) is 0 Å². The standard InChI is InChI=1S/C12H12FNO3S/c13-9-3-1-8(2-4-9)12-14(6-5-11(16)17)10(15)7-18-12/h1-4,12H,5-7H2,(H,16,17)/p-1/t12-/m1/s1. The molecule has 18 heavy (non-hydrogen) atoms. The van der Waals surface area contributed by atoms with Crippen molar-refractivity contribution in [3.63, 3.8) is 0 Å². The van der Waals surface area contributed by atoms with Gasteiger partial charge >= 0.3 is 0 Å². The van der Waals surface area contributed by atoms with Crippen LogP contribution in [0.5, 0.6) is 0 Å². The third-order valence-electron chi connectivity index (χ3n) is 2.68.